The van der Waals surface area contributed by atoms with Crippen molar-refractivity contribution < 1.29 is 9.72 Å². The Labute approximate surface area is 118 Å². The van der Waals surface area contributed by atoms with Crippen molar-refractivity contribution in [2.24, 2.45) is 7.05 Å². The van der Waals surface area contributed by atoms with E-state index in [0.29, 0.717) is 12.4 Å². The summed E-state index contributed by atoms with van der Waals surface area (Å²) in [6.45, 7) is 2.41. The highest BCUT2D eigenvalue weighted by Gasteiger charge is 2.22. The zero-order valence-corrected chi connectivity index (χ0v) is 11.3. The average molecular weight is 292 g/mol. The Morgan fingerprint density at radius 2 is 2.29 bits per heavy atom. The van der Waals surface area contributed by atoms with Crippen LogP contribution in [-0.4, -0.2) is 42.6 Å². The van der Waals surface area contributed by atoms with E-state index in [4.69, 9.17) is 0 Å². The Bertz CT molecular complexity index is 683. The van der Waals surface area contributed by atoms with Crippen molar-refractivity contribution >= 4 is 23.4 Å². The molecule has 21 heavy (non-hydrogen) atoms. The largest absolute Gasteiger partial charge is 0.370 e. The summed E-state index contributed by atoms with van der Waals surface area (Å²) in [5.74, 6) is -0.393. The minimum Gasteiger partial charge on any atom is -0.370 e. The first-order valence-electron chi connectivity index (χ1n) is 5.95. The van der Waals surface area contributed by atoms with Crippen molar-refractivity contribution in [3.05, 3.63) is 27.9 Å². The first-order chi connectivity index (χ1) is 10.0. The molecule has 0 aliphatic rings. The summed E-state index contributed by atoms with van der Waals surface area (Å²) in [5, 5.41) is 27.1. The van der Waals surface area contributed by atoms with E-state index in [1.165, 1.54) is 13.1 Å². The van der Waals surface area contributed by atoms with Gasteiger partial charge in [-0.05, 0) is 12.1 Å². The Hall–Kier alpha value is -3.11. The maximum Gasteiger partial charge on any atom is 0.300 e. The van der Waals surface area contributed by atoms with E-state index in [1.54, 1.807) is 0 Å². The Morgan fingerprint density at radius 3 is 2.86 bits per heavy atom. The molecule has 0 unspecified atom stereocenters. The molecule has 0 aliphatic heterocycles. The van der Waals surface area contributed by atoms with Crippen LogP contribution in [0.1, 0.15) is 17.3 Å². The lowest BCUT2D eigenvalue weighted by molar-refractivity contribution is -0.385. The van der Waals surface area contributed by atoms with Crippen LogP contribution in [0.4, 0.5) is 17.5 Å². The number of tetrazole rings is 1. The fraction of sp³-hybridized carbons (Fsp3) is 0.300. The summed E-state index contributed by atoms with van der Waals surface area (Å²) in [6, 6.07) is 1.30. The monoisotopic (exact) mass is 292 g/mol. The standard InChI is InChI=1S/C10H12N8O3/c1-3-11-8-4-6(7(5-12-8)18(20)21)9(19)13-10-14-16-17(2)15-10/h4-5H,3H2,1-2H3,(H,11,12)(H,13,15,19). The van der Waals surface area contributed by atoms with Gasteiger partial charge in [0.15, 0.2) is 0 Å². The number of nitrogens with one attached hydrogen (secondary N) is 2. The molecule has 1 amide bonds. The van der Waals surface area contributed by atoms with E-state index in [9.17, 15) is 14.9 Å². The van der Waals surface area contributed by atoms with Crippen LogP contribution in [0.2, 0.25) is 0 Å². The van der Waals surface area contributed by atoms with Gasteiger partial charge in [-0.2, -0.15) is 4.80 Å². The van der Waals surface area contributed by atoms with Crippen LogP contribution >= 0.6 is 0 Å². The number of nitro groups is 1. The quantitative estimate of drug-likeness (QED) is 0.588. The summed E-state index contributed by atoms with van der Waals surface area (Å²) < 4.78 is 0. The summed E-state index contributed by atoms with van der Waals surface area (Å²) in [5.41, 5.74) is -0.545. The average Bonchev–Trinajstić information content (AvgIpc) is 2.84. The van der Waals surface area contributed by atoms with Crippen molar-refractivity contribution in [3.8, 4) is 0 Å². The highest BCUT2D eigenvalue weighted by atomic mass is 16.6. The first-order valence-corrected chi connectivity index (χ1v) is 5.95. The highest BCUT2D eigenvalue weighted by molar-refractivity contribution is 6.06. The zero-order valence-electron chi connectivity index (χ0n) is 11.3. The van der Waals surface area contributed by atoms with E-state index >= 15 is 0 Å². The molecular weight excluding hydrogens is 280 g/mol. The number of hydrogen-bond donors (Lipinski definition) is 2. The van der Waals surface area contributed by atoms with Gasteiger partial charge < -0.3 is 5.32 Å². The Morgan fingerprint density at radius 1 is 1.52 bits per heavy atom. The van der Waals surface area contributed by atoms with Gasteiger partial charge in [0.2, 0.25) is 0 Å². The number of carbonyl (C=O) groups excluding carboxylic acids is 1. The van der Waals surface area contributed by atoms with Crippen LogP contribution < -0.4 is 10.6 Å². The number of amides is 1. The second-order valence-corrected chi connectivity index (χ2v) is 3.93. The van der Waals surface area contributed by atoms with Crippen molar-refractivity contribution in [2.45, 2.75) is 6.92 Å². The number of rotatable bonds is 5. The first kappa shape index (κ1) is 14.3. The van der Waals surface area contributed by atoms with Crippen molar-refractivity contribution in [2.75, 3.05) is 17.2 Å². The molecule has 110 valence electrons. The molecule has 0 saturated heterocycles. The SMILES string of the molecule is CCNc1cc(C(=O)Nc2nnn(C)n2)c([N+](=O)[O-])cn1. The molecule has 11 nitrogen and oxygen atoms in total. The van der Waals surface area contributed by atoms with Gasteiger partial charge in [-0.1, -0.05) is 5.10 Å². The van der Waals surface area contributed by atoms with Crippen molar-refractivity contribution in [1.82, 2.24) is 25.2 Å². The van der Waals surface area contributed by atoms with Crippen LogP contribution in [-0.2, 0) is 7.05 Å². The molecule has 0 fully saturated rings. The lowest BCUT2D eigenvalue weighted by Crippen LogP contribution is -2.16. The van der Waals surface area contributed by atoms with Gasteiger partial charge in [0.1, 0.15) is 17.6 Å². The minimum atomic E-state index is -0.712. The summed E-state index contributed by atoms with van der Waals surface area (Å²) in [4.78, 5) is 27.4. The maximum atomic E-state index is 12.1. The number of aryl methyl sites for hydroxylation is 1. The van der Waals surface area contributed by atoms with Gasteiger partial charge in [0, 0.05) is 12.6 Å². The molecule has 2 N–H and O–H groups in total. The van der Waals surface area contributed by atoms with Crippen molar-refractivity contribution in [1.29, 1.82) is 0 Å². The molecule has 0 aliphatic carbocycles. The molecule has 0 radical (unpaired) electrons. The third-order valence-electron chi connectivity index (χ3n) is 2.42. The molecule has 0 atom stereocenters. The van der Waals surface area contributed by atoms with E-state index in [-0.39, 0.29) is 11.5 Å². The number of hydrogen-bond acceptors (Lipinski definition) is 8. The molecule has 0 spiro atoms. The zero-order chi connectivity index (χ0) is 15.4. The maximum absolute atomic E-state index is 12.1. The molecule has 2 heterocycles. The molecule has 0 aromatic carbocycles. The third kappa shape index (κ3) is 3.26. The van der Waals surface area contributed by atoms with Crippen LogP contribution in [0.3, 0.4) is 0 Å². The fourth-order valence-corrected chi connectivity index (χ4v) is 1.56. The van der Waals surface area contributed by atoms with Gasteiger partial charge in [0.05, 0.1) is 12.0 Å². The second-order valence-electron chi connectivity index (χ2n) is 3.93. The summed E-state index contributed by atoms with van der Waals surface area (Å²) >= 11 is 0. The van der Waals surface area contributed by atoms with Crippen LogP contribution in [0.25, 0.3) is 0 Å². The molecule has 2 aromatic heterocycles. The van der Waals surface area contributed by atoms with Gasteiger partial charge in [-0.3, -0.25) is 20.2 Å². The number of nitrogens with zero attached hydrogens (tertiary/aromatic N) is 6. The fourth-order valence-electron chi connectivity index (χ4n) is 1.56. The van der Waals surface area contributed by atoms with Gasteiger partial charge in [0.25, 0.3) is 17.5 Å². The highest BCUT2D eigenvalue weighted by Crippen LogP contribution is 2.21. The van der Waals surface area contributed by atoms with E-state index < -0.39 is 16.5 Å². The lowest BCUT2D eigenvalue weighted by Gasteiger charge is -2.05. The van der Waals surface area contributed by atoms with Gasteiger partial charge in [-0.25, -0.2) is 4.98 Å². The number of pyridine rings is 1. The molecule has 0 bridgehead atoms. The Kier molecular flexibility index (Phi) is 4.02. The molecule has 2 rings (SSSR count). The van der Waals surface area contributed by atoms with Crippen LogP contribution in [0.15, 0.2) is 12.3 Å². The second kappa shape index (κ2) is 5.90. The van der Waals surface area contributed by atoms with E-state index in [1.807, 2.05) is 6.92 Å². The van der Waals surface area contributed by atoms with Crippen LogP contribution in [0, 0.1) is 10.1 Å². The normalized spacial score (nSPS) is 10.2. The predicted octanol–water partition coefficient (Wildman–Crippen LogP) is 0.197. The lowest BCUT2D eigenvalue weighted by atomic mass is 10.2. The number of anilines is 2. The number of aromatic nitrogens is 5. The summed E-state index contributed by atoms with van der Waals surface area (Å²) in [6.07, 6.45) is 1.02. The summed E-state index contributed by atoms with van der Waals surface area (Å²) in [7, 11) is 1.53. The Balaban J connectivity index is 2.32. The molecular formula is C10H12N8O3. The van der Waals surface area contributed by atoms with Gasteiger partial charge >= 0.3 is 0 Å². The predicted molar refractivity (Wildman–Crippen MR) is 71.8 cm³/mol. The third-order valence-corrected chi connectivity index (χ3v) is 2.42. The smallest absolute Gasteiger partial charge is 0.300 e. The van der Waals surface area contributed by atoms with Crippen LogP contribution in [0.5, 0.6) is 0 Å². The minimum absolute atomic E-state index is 0.0430. The van der Waals surface area contributed by atoms with E-state index in [0.717, 1.165) is 11.0 Å². The van der Waals surface area contributed by atoms with E-state index in [2.05, 4.69) is 31.0 Å². The topological polar surface area (TPSA) is 141 Å². The molecule has 11 heteroatoms. The molecule has 2 aromatic rings. The number of carbonyl (C=O) groups is 1. The van der Waals surface area contributed by atoms with Gasteiger partial charge in [-0.15, -0.1) is 5.10 Å². The van der Waals surface area contributed by atoms with Crippen molar-refractivity contribution in [3.63, 3.8) is 0 Å². The molecule has 0 saturated carbocycles.